The number of hydrogen-bond acceptors (Lipinski definition) is 6. The molecule has 0 saturated heterocycles. The average Bonchev–Trinajstić information content (AvgIpc) is 2.57. The lowest BCUT2D eigenvalue weighted by molar-refractivity contribution is 0.333. The first-order valence-corrected chi connectivity index (χ1v) is 7.42. The van der Waals surface area contributed by atoms with Crippen LogP contribution in [0.25, 0.3) is 0 Å². The van der Waals surface area contributed by atoms with Gasteiger partial charge in [-0.05, 0) is 38.1 Å². The van der Waals surface area contributed by atoms with Crippen molar-refractivity contribution >= 4 is 17.1 Å². The Morgan fingerprint density at radius 1 is 0.913 bits per heavy atom. The lowest BCUT2D eigenvalue weighted by Gasteiger charge is -2.11. The van der Waals surface area contributed by atoms with Crippen LogP contribution in [-0.4, -0.2) is 20.3 Å². The highest BCUT2D eigenvalue weighted by atomic mass is 16.5. The normalized spacial score (nSPS) is 10.7. The van der Waals surface area contributed by atoms with Gasteiger partial charge in [-0.25, -0.2) is 0 Å². The summed E-state index contributed by atoms with van der Waals surface area (Å²) >= 11 is 0. The van der Waals surface area contributed by atoms with E-state index in [-0.39, 0.29) is 0 Å². The molecular formula is C17H21N3O3. The number of nitrogens with zero attached hydrogens (tertiary/aromatic N) is 2. The van der Waals surface area contributed by atoms with Gasteiger partial charge in [0.15, 0.2) is 0 Å². The molecule has 0 aliphatic carbocycles. The Bertz CT molecular complexity index is 670. The summed E-state index contributed by atoms with van der Waals surface area (Å²) in [5, 5.41) is 8.48. The maximum Gasteiger partial charge on any atom is 0.149 e. The van der Waals surface area contributed by atoms with Crippen LogP contribution in [0.1, 0.15) is 13.8 Å². The summed E-state index contributed by atoms with van der Waals surface area (Å²) in [4.78, 5) is 0. The molecule has 2 rings (SSSR count). The summed E-state index contributed by atoms with van der Waals surface area (Å²) in [6.07, 6.45) is 0. The molecule has 6 heteroatoms. The van der Waals surface area contributed by atoms with Gasteiger partial charge in [-0.1, -0.05) is 0 Å². The molecule has 2 aromatic rings. The van der Waals surface area contributed by atoms with Gasteiger partial charge in [0, 0.05) is 12.1 Å². The zero-order valence-corrected chi connectivity index (χ0v) is 13.6. The Morgan fingerprint density at radius 3 is 2.17 bits per heavy atom. The Kier molecular flexibility index (Phi) is 5.80. The monoisotopic (exact) mass is 315 g/mol. The third-order valence-electron chi connectivity index (χ3n) is 3.04. The average molecular weight is 315 g/mol. The van der Waals surface area contributed by atoms with Gasteiger partial charge in [0.25, 0.3) is 0 Å². The van der Waals surface area contributed by atoms with Crippen molar-refractivity contribution < 1.29 is 14.2 Å². The van der Waals surface area contributed by atoms with Gasteiger partial charge in [0.05, 0.1) is 31.7 Å². The molecule has 0 fully saturated rings. The van der Waals surface area contributed by atoms with Crippen molar-refractivity contribution in [1.29, 1.82) is 0 Å². The van der Waals surface area contributed by atoms with E-state index in [1.54, 1.807) is 19.2 Å². The lowest BCUT2D eigenvalue weighted by atomic mass is 10.2. The SMILES string of the molecule is CCOc1cc(N=Nc2ccc(OC)cc2)c(OCC)cc1N. The second-order valence-corrected chi connectivity index (χ2v) is 4.62. The number of nitrogen functional groups attached to an aromatic ring is 1. The van der Waals surface area contributed by atoms with E-state index in [4.69, 9.17) is 19.9 Å². The zero-order chi connectivity index (χ0) is 16.7. The van der Waals surface area contributed by atoms with Crippen LogP contribution in [0, 0.1) is 0 Å². The van der Waals surface area contributed by atoms with Crippen molar-refractivity contribution in [3.05, 3.63) is 36.4 Å². The molecule has 23 heavy (non-hydrogen) atoms. The minimum Gasteiger partial charge on any atom is -0.497 e. The lowest BCUT2D eigenvalue weighted by Crippen LogP contribution is -1.99. The molecule has 0 aliphatic heterocycles. The summed E-state index contributed by atoms with van der Waals surface area (Å²) < 4.78 is 16.2. The van der Waals surface area contributed by atoms with Crippen molar-refractivity contribution in [1.82, 2.24) is 0 Å². The quantitative estimate of drug-likeness (QED) is 0.603. The summed E-state index contributed by atoms with van der Waals surface area (Å²) in [6.45, 7) is 4.83. The van der Waals surface area contributed by atoms with Crippen molar-refractivity contribution in [3.63, 3.8) is 0 Å². The van der Waals surface area contributed by atoms with Crippen LogP contribution in [0.2, 0.25) is 0 Å². The summed E-state index contributed by atoms with van der Waals surface area (Å²) in [7, 11) is 1.62. The Hall–Kier alpha value is -2.76. The van der Waals surface area contributed by atoms with Gasteiger partial charge >= 0.3 is 0 Å². The van der Waals surface area contributed by atoms with Crippen molar-refractivity contribution in [2.45, 2.75) is 13.8 Å². The second kappa shape index (κ2) is 8.03. The van der Waals surface area contributed by atoms with Crippen LogP contribution in [0.3, 0.4) is 0 Å². The van der Waals surface area contributed by atoms with Gasteiger partial charge in [-0.3, -0.25) is 0 Å². The largest absolute Gasteiger partial charge is 0.497 e. The van der Waals surface area contributed by atoms with Crippen LogP contribution < -0.4 is 19.9 Å². The number of benzene rings is 2. The molecule has 0 spiro atoms. The first kappa shape index (κ1) is 16.6. The van der Waals surface area contributed by atoms with Gasteiger partial charge in [0.1, 0.15) is 22.9 Å². The van der Waals surface area contributed by atoms with E-state index in [0.717, 1.165) is 5.75 Å². The molecule has 0 aliphatic rings. The smallest absolute Gasteiger partial charge is 0.149 e. The van der Waals surface area contributed by atoms with Gasteiger partial charge in [0.2, 0.25) is 0 Å². The van der Waals surface area contributed by atoms with Crippen molar-refractivity contribution in [2.75, 3.05) is 26.1 Å². The van der Waals surface area contributed by atoms with Gasteiger partial charge in [-0.2, -0.15) is 5.11 Å². The number of hydrogen-bond donors (Lipinski definition) is 1. The topological polar surface area (TPSA) is 78.4 Å². The van der Waals surface area contributed by atoms with Crippen LogP contribution in [0.5, 0.6) is 17.2 Å². The minimum absolute atomic E-state index is 0.512. The van der Waals surface area contributed by atoms with Gasteiger partial charge in [-0.15, -0.1) is 5.11 Å². The van der Waals surface area contributed by atoms with E-state index in [1.165, 1.54) is 0 Å². The molecule has 0 radical (unpaired) electrons. The Balaban J connectivity index is 2.31. The highest BCUT2D eigenvalue weighted by Crippen LogP contribution is 2.37. The fraction of sp³-hybridized carbons (Fsp3) is 0.294. The molecule has 6 nitrogen and oxygen atoms in total. The van der Waals surface area contributed by atoms with Crippen LogP contribution in [0.15, 0.2) is 46.6 Å². The van der Waals surface area contributed by atoms with E-state index < -0.39 is 0 Å². The Labute approximate surface area is 135 Å². The van der Waals surface area contributed by atoms with Crippen LogP contribution >= 0.6 is 0 Å². The highest BCUT2D eigenvalue weighted by Gasteiger charge is 2.10. The number of nitrogens with two attached hydrogens (primary N) is 1. The molecular weight excluding hydrogens is 294 g/mol. The van der Waals surface area contributed by atoms with Crippen LogP contribution in [0.4, 0.5) is 17.1 Å². The number of methoxy groups -OCH3 is 1. The minimum atomic E-state index is 0.512. The van der Waals surface area contributed by atoms with Crippen molar-refractivity contribution in [2.24, 2.45) is 10.2 Å². The molecule has 0 aromatic heterocycles. The standard InChI is InChI=1S/C17H21N3O3/c1-4-22-16-11-15(17(23-5-2)10-14(16)18)20-19-12-6-8-13(21-3)9-7-12/h6-11H,4-5,18H2,1-3H3. The van der Waals surface area contributed by atoms with E-state index in [1.807, 2.05) is 38.1 Å². The molecule has 0 saturated carbocycles. The van der Waals surface area contributed by atoms with Crippen LogP contribution in [-0.2, 0) is 0 Å². The molecule has 2 N–H and O–H groups in total. The first-order valence-electron chi connectivity index (χ1n) is 7.42. The number of anilines is 1. The second-order valence-electron chi connectivity index (χ2n) is 4.62. The van der Waals surface area contributed by atoms with Crippen molar-refractivity contribution in [3.8, 4) is 17.2 Å². The maximum atomic E-state index is 5.95. The molecule has 0 amide bonds. The predicted molar refractivity (Wildman–Crippen MR) is 90.4 cm³/mol. The summed E-state index contributed by atoms with van der Waals surface area (Å²) in [5.41, 5.74) is 7.75. The molecule has 0 unspecified atom stereocenters. The molecule has 0 bridgehead atoms. The summed E-state index contributed by atoms with van der Waals surface area (Å²) in [5.74, 6) is 1.91. The third kappa shape index (κ3) is 4.35. The van der Waals surface area contributed by atoms with E-state index >= 15 is 0 Å². The molecule has 2 aromatic carbocycles. The maximum absolute atomic E-state index is 5.95. The molecule has 122 valence electrons. The molecule has 0 atom stereocenters. The number of azo groups is 1. The predicted octanol–water partition coefficient (Wildman–Crippen LogP) is 4.49. The zero-order valence-electron chi connectivity index (χ0n) is 13.6. The number of rotatable bonds is 7. The van der Waals surface area contributed by atoms with E-state index in [0.29, 0.717) is 41.8 Å². The third-order valence-corrected chi connectivity index (χ3v) is 3.04. The van der Waals surface area contributed by atoms with Gasteiger partial charge < -0.3 is 19.9 Å². The fourth-order valence-corrected chi connectivity index (χ4v) is 1.96. The highest BCUT2D eigenvalue weighted by molar-refractivity contribution is 5.67. The van der Waals surface area contributed by atoms with E-state index in [9.17, 15) is 0 Å². The fourth-order valence-electron chi connectivity index (χ4n) is 1.96. The Morgan fingerprint density at radius 2 is 1.57 bits per heavy atom. The van der Waals surface area contributed by atoms with E-state index in [2.05, 4.69) is 10.2 Å². The summed E-state index contributed by atoms with van der Waals surface area (Å²) in [6, 6.07) is 10.7. The molecule has 0 heterocycles. The number of ether oxygens (including phenoxy) is 3. The first-order chi connectivity index (χ1) is 11.2.